The molecule has 0 unspecified atom stereocenters. The average Bonchev–Trinajstić information content (AvgIpc) is 2.42. The highest BCUT2D eigenvalue weighted by Crippen LogP contribution is 2.14. The summed E-state index contributed by atoms with van der Waals surface area (Å²) in [5, 5.41) is 3.39. The number of aromatic nitrogens is 1. The smallest absolute Gasteiger partial charge is 0.260 e. The van der Waals surface area contributed by atoms with E-state index in [1.165, 1.54) is 4.31 Å². The van der Waals surface area contributed by atoms with Gasteiger partial charge in [-0.3, -0.25) is 0 Å². The predicted molar refractivity (Wildman–Crippen MR) is 85.5 cm³/mol. The molecule has 1 aromatic rings. The molecule has 1 rings (SSSR count). The Morgan fingerprint density at radius 3 is 2.38 bits per heavy atom. The monoisotopic (exact) mass is 313 g/mol. The maximum absolute atomic E-state index is 12.4. The quantitative estimate of drug-likeness (QED) is 0.799. The SMILES string of the molecule is CC(C)CCN(C)S(=O)(=O)c1ccc(CNC(C)C)cn1. The Morgan fingerprint density at radius 1 is 1.24 bits per heavy atom. The first-order valence-electron chi connectivity index (χ1n) is 7.38. The first-order valence-corrected chi connectivity index (χ1v) is 8.82. The number of rotatable bonds is 8. The number of nitrogens with one attached hydrogen (secondary N) is 1. The lowest BCUT2D eigenvalue weighted by Crippen LogP contribution is -2.29. The maximum Gasteiger partial charge on any atom is 0.260 e. The van der Waals surface area contributed by atoms with Crippen molar-refractivity contribution in [3.63, 3.8) is 0 Å². The van der Waals surface area contributed by atoms with Crippen molar-refractivity contribution in [1.29, 1.82) is 0 Å². The molecule has 5 nitrogen and oxygen atoms in total. The minimum absolute atomic E-state index is 0.113. The minimum Gasteiger partial charge on any atom is -0.310 e. The largest absolute Gasteiger partial charge is 0.310 e. The molecule has 0 aromatic carbocycles. The van der Waals surface area contributed by atoms with Gasteiger partial charge in [0.1, 0.15) is 0 Å². The number of nitrogens with zero attached hydrogens (tertiary/aromatic N) is 2. The first kappa shape index (κ1) is 18.1. The highest BCUT2D eigenvalue weighted by atomic mass is 32.2. The van der Waals surface area contributed by atoms with E-state index in [1.54, 1.807) is 19.3 Å². The molecule has 1 aromatic heterocycles. The van der Waals surface area contributed by atoms with Gasteiger partial charge in [-0.25, -0.2) is 13.4 Å². The second kappa shape index (κ2) is 7.87. The van der Waals surface area contributed by atoms with E-state index in [0.29, 0.717) is 25.0 Å². The van der Waals surface area contributed by atoms with E-state index in [9.17, 15) is 8.42 Å². The number of sulfonamides is 1. The van der Waals surface area contributed by atoms with Gasteiger partial charge in [0, 0.05) is 32.4 Å². The average molecular weight is 313 g/mol. The molecule has 0 saturated carbocycles. The molecule has 0 atom stereocenters. The molecule has 0 fully saturated rings. The molecule has 0 aliphatic heterocycles. The third-order valence-electron chi connectivity index (χ3n) is 3.21. The first-order chi connectivity index (χ1) is 9.73. The van der Waals surface area contributed by atoms with Crippen LogP contribution in [0.4, 0.5) is 0 Å². The summed E-state index contributed by atoms with van der Waals surface area (Å²) in [7, 11) is -1.88. The summed E-state index contributed by atoms with van der Waals surface area (Å²) in [4.78, 5) is 4.11. The number of hydrogen-bond donors (Lipinski definition) is 1. The fourth-order valence-electron chi connectivity index (χ4n) is 1.71. The van der Waals surface area contributed by atoms with Gasteiger partial charge in [-0.2, -0.15) is 4.31 Å². The van der Waals surface area contributed by atoms with Crippen molar-refractivity contribution in [2.75, 3.05) is 13.6 Å². The minimum atomic E-state index is -3.48. The molecular weight excluding hydrogens is 286 g/mol. The van der Waals surface area contributed by atoms with E-state index >= 15 is 0 Å². The van der Waals surface area contributed by atoms with Gasteiger partial charge in [0.05, 0.1) is 0 Å². The molecular formula is C15H27N3O2S. The van der Waals surface area contributed by atoms with Gasteiger partial charge in [0.15, 0.2) is 5.03 Å². The number of hydrogen-bond acceptors (Lipinski definition) is 4. The Bertz CT molecular complexity index is 524. The van der Waals surface area contributed by atoms with Crippen molar-refractivity contribution >= 4 is 10.0 Å². The Labute approximate surface area is 128 Å². The summed E-state index contributed by atoms with van der Waals surface area (Å²) in [5.74, 6) is 0.472. The standard InChI is InChI=1S/C15H27N3O2S/c1-12(2)8-9-18(5)21(19,20)15-7-6-14(11-17-15)10-16-13(3)4/h6-7,11-13,16H,8-10H2,1-5H3. The van der Waals surface area contributed by atoms with Crippen molar-refractivity contribution in [3.05, 3.63) is 23.9 Å². The van der Waals surface area contributed by atoms with Crippen LogP contribution < -0.4 is 5.32 Å². The summed E-state index contributed by atoms with van der Waals surface area (Å²) in [5.41, 5.74) is 0.979. The molecule has 0 bridgehead atoms. The van der Waals surface area contributed by atoms with Gasteiger partial charge < -0.3 is 5.32 Å². The fourth-order valence-corrected chi connectivity index (χ4v) is 2.80. The molecule has 0 saturated heterocycles. The molecule has 0 aliphatic carbocycles. The van der Waals surface area contributed by atoms with Crippen molar-refractivity contribution in [1.82, 2.24) is 14.6 Å². The summed E-state index contributed by atoms with van der Waals surface area (Å²) in [6.07, 6.45) is 2.46. The van der Waals surface area contributed by atoms with Crippen LogP contribution in [0.3, 0.4) is 0 Å². The van der Waals surface area contributed by atoms with E-state index in [0.717, 1.165) is 12.0 Å². The second-order valence-corrected chi connectivity index (χ2v) is 8.04. The fraction of sp³-hybridized carbons (Fsp3) is 0.667. The van der Waals surface area contributed by atoms with Gasteiger partial charge in [0.2, 0.25) is 0 Å². The Morgan fingerprint density at radius 2 is 1.90 bits per heavy atom. The molecule has 0 aliphatic rings. The second-order valence-electron chi connectivity index (χ2n) is 6.05. The van der Waals surface area contributed by atoms with Gasteiger partial charge in [-0.1, -0.05) is 33.8 Å². The zero-order valence-electron chi connectivity index (χ0n) is 13.6. The molecule has 120 valence electrons. The highest BCUT2D eigenvalue weighted by molar-refractivity contribution is 7.89. The van der Waals surface area contributed by atoms with Crippen LogP contribution in [0, 0.1) is 5.92 Å². The van der Waals surface area contributed by atoms with Gasteiger partial charge >= 0.3 is 0 Å². The molecule has 1 heterocycles. The van der Waals surface area contributed by atoms with Crippen LogP contribution >= 0.6 is 0 Å². The molecule has 6 heteroatoms. The predicted octanol–water partition coefficient (Wildman–Crippen LogP) is 2.25. The Kier molecular flexibility index (Phi) is 6.77. The van der Waals surface area contributed by atoms with Crippen molar-refractivity contribution in [2.45, 2.75) is 51.7 Å². The number of pyridine rings is 1. The van der Waals surface area contributed by atoms with Crippen LogP contribution in [0.1, 0.15) is 39.7 Å². The summed E-state index contributed by atoms with van der Waals surface area (Å²) < 4.78 is 26.1. The summed E-state index contributed by atoms with van der Waals surface area (Å²) in [6, 6.07) is 3.78. The van der Waals surface area contributed by atoms with E-state index in [2.05, 4.69) is 38.0 Å². The lowest BCUT2D eigenvalue weighted by molar-refractivity contribution is 0.426. The normalized spacial score (nSPS) is 12.6. The lowest BCUT2D eigenvalue weighted by Gasteiger charge is -2.17. The van der Waals surface area contributed by atoms with E-state index in [1.807, 2.05) is 6.07 Å². The Hall–Kier alpha value is -0.980. The molecule has 0 radical (unpaired) electrons. The molecule has 1 N–H and O–H groups in total. The van der Waals surface area contributed by atoms with Crippen LogP contribution in [0.5, 0.6) is 0 Å². The van der Waals surface area contributed by atoms with Crippen molar-refractivity contribution in [2.24, 2.45) is 5.92 Å². The van der Waals surface area contributed by atoms with E-state index < -0.39 is 10.0 Å². The Balaban J connectivity index is 2.75. The summed E-state index contributed by atoms with van der Waals surface area (Å²) >= 11 is 0. The third-order valence-corrected chi connectivity index (χ3v) is 4.98. The van der Waals surface area contributed by atoms with E-state index in [4.69, 9.17) is 0 Å². The topological polar surface area (TPSA) is 62.3 Å². The van der Waals surface area contributed by atoms with Crippen LogP contribution in [0.25, 0.3) is 0 Å². The highest BCUT2D eigenvalue weighted by Gasteiger charge is 2.21. The molecule has 0 amide bonds. The zero-order chi connectivity index (χ0) is 16.0. The lowest BCUT2D eigenvalue weighted by atomic mass is 10.1. The van der Waals surface area contributed by atoms with Crippen molar-refractivity contribution < 1.29 is 8.42 Å². The van der Waals surface area contributed by atoms with Gasteiger partial charge in [-0.15, -0.1) is 0 Å². The maximum atomic E-state index is 12.4. The van der Waals surface area contributed by atoms with Crippen LogP contribution in [0.2, 0.25) is 0 Å². The van der Waals surface area contributed by atoms with Crippen LogP contribution in [-0.4, -0.2) is 37.3 Å². The molecule has 21 heavy (non-hydrogen) atoms. The van der Waals surface area contributed by atoms with Crippen LogP contribution in [0.15, 0.2) is 23.4 Å². The zero-order valence-corrected chi connectivity index (χ0v) is 14.4. The molecule has 0 spiro atoms. The van der Waals surface area contributed by atoms with Crippen molar-refractivity contribution in [3.8, 4) is 0 Å². The van der Waals surface area contributed by atoms with E-state index in [-0.39, 0.29) is 5.03 Å². The third kappa shape index (κ3) is 5.73. The van der Waals surface area contributed by atoms with Crippen LogP contribution in [-0.2, 0) is 16.6 Å². The van der Waals surface area contributed by atoms with Gasteiger partial charge in [-0.05, 0) is 24.0 Å². The van der Waals surface area contributed by atoms with Gasteiger partial charge in [0.25, 0.3) is 10.0 Å². The summed E-state index contributed by atoms with van der Waals surface area (Å²) in [6.45, 7) is 9.49.